The number of amides is 1. The van der Waals surface area contributed by atoms with Crippen molar-refractivity contribution in [1.82, 2.24) is 10.2 Å². The summed E-state index contributed by atoms with van der Waals surface area (Å²) in [5, 5.41) is 3.35. The van der Waals surface area contributed by atoms with Crippen LogP contribution in [0.15, 0.2) is 24.3 Å². The standard InChI is InChI=1S/C15H22N2O/c1-12-4-3-5-14(10-12)6-7-15(18)17-9-8-16-13(2)11-17/h3-5,10,13,16H,6-9,11H2,1-2H3/t13-/m1/s1. The van der Waals surface area contributed by atoms with Crippen molar-refractivity contribution < 1.29 is 4.79 Å². The molecule has 1 aliphatic rings. The van der Waals surface area contributed by atoms with Crippen LogP contribution in [0.3, 0.4) is 0 Å². The minimum atomic E-state index is 0.282. The van der Waals surface area contributed by atoms with E-state index in [1.807, 2.05) is 4.90 Å². The van der Waals surface area contributed by atoms with E-state index in [1.54, 1.807) is 0 Å². The fourth-order valence-corrected chi connectivity index (χ4v) is 2.44. The van der Waals surface area contributed by atoms with Gasteiger partial charge in [-0.25, -0.2) is 0 Å². The number of piperazine rings is 1. The molecular formula is C15H22N2O. The Morgan fingerprint density at radius 1 is 1.50 bits per heavy atom. The topological polar surface area (TPSA) is 32.3 Å². The molecule has 1 N–H and O–H groups in total. The Kier molecular flexibility index (Phi) is 4.37. The Bertz CT molecular complexity index is 417. The van der Waals surface area contributed by atoms with Crippen LogP contribution in [0.2, 0.25) is 0 Å². The Balaban J connectivity index is 1.84. The van der Waals surface area contributed by atoms with Crippen LogP contribution in [0.1, 0.15) is 24.5 Å². The largest absolute Gasteiger partial charge is 0.340 e. The minimum Gasteiger partial charge on any atom is -0.340 e. The molecule has 1 fully saturated rings. The van der Waals surface area contributed by atoms with Crippen LogP contribution in [-0.2, 0) is 11.2 Å². The number of carbonyl (C=O) groups is 1. The summed E-state index contributed by atoms with van der Waals surface area (Å²) < 4.78 is 0. The van der Waals surface area contributed by atoms with Gasteiger partial charge in [0.1, 0.15) is 0 Å². The third kappa shape index (κ3) is 3.57. The third-order valence-electron chi connectivity index (χ3n) is 3.43. The van der Waals surface area contributed by atoms with E-state index in [1.165, 1.54) is 11.1 Å². The molecular weight excluding hydrogens is 224 g/mol. The lowest BCUT2D eigenvalue weighted by Crippen LogP contribution is -2.51. The van der Waals surface area contributed by atoms with Crippen LogP contribution < -0.4 is 5.32 Å². The van der Waals surface area contributed by atoms with E-state index in [0.717, 1.165) is 26.1 Å². The molecule has 1 atom stereocenters. The Hall–Kier alpha value is -1.35. The average molecular weight is 246 g/mol. The van der Waals surface area contributed by atoms with Crippen molar-refractivity contribution in [1.29, 1.82) is 0 Å². The molecule has 0 aromatic heterocycles. The van der Waals surface area contributed by atoms with Gasteiger partial charge in [-0.2, -0.15) is 0 Å². The van der Waals surface area contributed by atoms with Gasteiger partial charge in [0.05, 0.1) is 0 Å². The van der Waals surface area contributed by atoms with Crippen molar-refractivity contribution >= 4 is 5.91 Å². The number of hydrogen-bond acceptors (Lipinski definition) is 2. The fraction of sp³-hybridized carbons (Fsp3) is 0.533. The number of hydrogen-bond donors (Lipinski definition) is 1. The zero-order chi connectivity index (χ0) is 13.0. The molecule has 0 radical (unpaired) electrons. The molecule has 0 saturated carbocycles. The fourth-order valence-electron chi connectivity index (χ4n) is 2.44. The molecule has 1 heterocycles. The van der Waals surface area contributed by atoms with Gasteiger partial charge in [0, 0.05) is 32.1 Å². The molecule has 0 unspecified atom stereocenters. The van der Waals surface area contributed by atoms with E-state index in [0.29, 0.717) is 12.5 Å². The van der Waals surface area contributed by atoms with E-state index in [-0.39, 0.29) is 5.91 Å². The second-order valence-corrected chi connectivity index (χ2v) is 5.18. The summed E-state index contributed by atoms with van der Waals surface area (Å²) in [6, 6.07) is 8.82. The predicted molar refractivity (Wildman–Crippen MR) is 73.5 cm³/mol. The number of nitrogens with one attached hydrogen (secondary N) is 1. The molecule has 1 amide bonds. The normalized spacial score (nSPS) is 19.9. The molecule has 98 valence electrons. The number of aryl methyl sites for hydroxylation is 2. The lowest BCUT2D eigenvalue weighted by atomic mass is 10.1. The van der Waals surface area contributed by atoms with E-state index in [2.05, 4.69) is 43.4 Å². The summed E-state index contributed by atoms with van der Waals surface area (Å²) >= 11 is 0. The first kappa shape index (κ1) is 13.1. The number of nitrogens with zero attached hydrogens (tertiary/aromatic N) is 1. The second kappa shape index (κ2) is 6.01. The molecule has 0 bridgehead atoms. The molecule has 1 saturated heterocycles. The molecule has 18 heavy (non-hydrogen) atoms. The lowest BCUT2D eigenvalue weighted by molar-refractivity contribution is -0.132. The monoisotopic (exact) mass is 246 g/mol. The van der Waals surface area contributed by atoms with E-state index in [4.69, 9.17) is 0 Å². The third-order valence-corrected chi connectivity index (χ3v) is 3.43. The Morgan fingerprint density at radius 3 is 3.06 bits per heavy atom. The van der Waals surface area contributed by atoms with Gasteiger partial charge >= 0.3 is 0 Å². The molecule has 0 spiro atoms. The van der Waals surface area contributed by atoms with Crippen molar-refractivity contribution in [2.45, 2.75) is 32.7 Å². The van der Waals surface area contributed by atoms with E-state index >= 15 is 0 Å². The zero-order valence-corrected chi connectivity index (χ0v) is 11.3. The van der Waals surface area contributed by atoms with Crippen LogP contribution in [0.25, 0.3) is 0 Å². The second-order valence-electron chi connectivity index (χ2n) is 5.18. The highest BCUT2D eigenvalue weighted by Gasteiger charge is 2.19. The highest BCUT2D eigenvalue weighted by Crippen LogP contribution is 2.09. The maximum absolute atomic E-state index is 12.1. The first-order valence-corrected chi connectivity index (χ1v) is 6.72. The Labute approximate surface area is 109 Å². The van der Waals surface area contributed by atoms with Crippen LogP contribution in [0, 0.1) is 6.92 Å². The van der Waals surface area contributed by atoms with Gasteiger partial charge in [-0.15, -0.1) is 0 Å². The SMILES string of the molecule is Cc1cccc(CCC(=O)N2CCN[C@H](C)C2)c1. The van der Waals surface area contributed by atoms with Gasteiger partial charge in [-0.1, -0.05) is 29.8 Å². The van der Waals surface area contributed by atoms with Crippen molar-refractivity contribution in [3.8, 4) is 0 Å². The average Bonchev–Trinajstić information content (AvgIpc) is 2.36. The van der Waals surface area contributed by atoms with Crippen LogP contribution in [0.5, 0.6) is 0 Å². The number of rotatable bonds is 3. The summed E-state index contributed by atoms with van der Waals surface area (Å²) in [6.45, 7) is 6.81. The maximum atomic E-state index is 12.1. The van der Waals surface area contributed by atoms with Crippen LogP contribution >= 0.6 is 0 Å². The summed E-state index contributed by atoms with van der Waals surface area (Å²) in [4.78, 5) is 14.1. The molecule has 0 aliphatic carbocycles. The highest BCUT2D eigenvalue weighted by atomic mass is 16.2. The zero-order valence-electron chi connectivity index (χ0n) is 11.3. The van der Waals surface area contributed by atoms with Crippen molar-refractivity contribution in [2.24, 2.45) is 0 Å². The maximum Gasteiger partial charge on any atom is 0.222 e. The summed E-state index contributed by atoms with van der Waals surface area (Å²) in [6.07, 6.45) is 1.47. The quantitative estimate of drug-likeness (QED) is 0.881. The predicted octanol–water partition coefficient (Wildman–Crippen LogP) is 1.75. The van der Waals surface area contributed by atoms with Gasteiger partial charge in [0.25, 0.3) is 0 Å². The molecule has 2 rings (SSSR count). The summed E-state index contributed by atoms with van der Waals surface area (Å²) in [5.41, 5.74) is 2.52. The molecule has 1 aromatic carbocycles. The van der Waals surface area contributed by atoms with Gasteiger partial charge in [-0.05, 0) is 25.8 Å². The van der Waals surface area contributed by atoms with Crippen molar-refractivity contribution in [3.63, 3.8) is 0 Å². The Morgan fingerprint density at radius 2 is 2.33 bits per heavy atom. The van der Waals surface area contributed by atoms with Crippen LogP contribution in [0.4, 0.5) is 0 Å². The number of benzene rings is 1. The van der Waals surface area contributed by atoms with Crippen molar-refractivity contribution in [2.75, 3.05) is 19.6 Å². The van der Waals surface area contributed by atoms with Gasteiger partial charge in [0.2, 0.25) is 5.91 Å². The first-order chi connectivity index (χ1) is 8.65. The highest BCUT2D eigenvalue weighted by molar-refractivity contribution is 5.76. The molecule has 1 aliphatic heterocycles. The summed E-state index contributed by atoms with van der Waals surface area (Å²) in [5.74, 6) is 0.282. The van der Waals surface area contributed by atoms with E-state index < -0.39 is 0 Å². The smallest absolute Gasteiger partial charge is 0.222 e. The molecule has 3 nitrogen and oxygen atoms in total. The van der Waals surface area contributed by atoms with E-state index in [9.17, 15) is 4.79 Å². The minimum absolute atomic E-state index is 0.282. The van der Waals surface area contributed by atoms with Gasteiger partial charge in [0.15, 0.2) is 0 Å². The van der Waals surface area contributed by atoms with Gasteiger partial charge < -0.3 is 10.2 Å². The molecule has 1 aromatic rings. The van der Waals surface area contributed by atoms with Gasteiger partial charge in [-0.3, -0.25) is 4.79 Å². The number of carbonyl (C=O) groups excluding carboxylic acids is 1. The first-order valence-electron chi connectivity index (χ1n) is 6.72. The molecule has 3 heteroatoms. The van der Waals surface area contributed by atoms with Crippen LogP contribution in [-0.4, -0.2) is 36.5 Å². The van der Waals surface area contributed by atoms with Crippen molar-refractivity contribution in [3.05, 3.63) is 35.4 Å². The summed E-state index contributed by atoms with van der Waals surface area (Å²) in [7, 11) is 0. The lowest BCUT2D eigenvalue weighted by Gasteiger charge is -2.32.